The van der Waals surface area contributed by atoms with E-state index < -0.39 is 4.92 Å². The van der Waals surface area contributed by atoms with Gasteiger partial charge in [0.05, 0.1) is 11.5 Å². The number of hydrogen-bond donors (Lipinski definition) is 0. The standard InChI is InChI=1S/C8H8N2O4/c11-10(12)7-2-1-3-9-8(7)14-5-6-4-13-6/h1-3,6H,4-5H2/t6-/m0/s1. The summed E-state index contributed by atoms with van der Waals surface area (Å²) in [6.07, 6.45) is 1.52. The van der Waals surface area contributed by atoms with E-state index in [0.29, 0.717) is 13.2 Å². The van der Waals surface area contributed by atoms with Gasteiger partial charge in [-0.3, -0.25) is 10.1 Å². The lowest BCUT2D eigenvalue weighted by Crippen LogP contribution is -2.06. The molecule has 0 bridgehead atoms. The van der Waals surface area contributed by atoms with Crippen molar-refractivity contribution >= 4 is 5.69 Å². The van der Waals surface area contributed by atoms with Gasteiger partial charge >= 0.3 is 5.69 Å². The molecule has 1 aliphatic heterocycles. The molecule has 0 amide bonds. The summed E-state index contributed by atoms with van der Waals surface area (Å²) >= 11 is 0. The highest BCUT2D eigenvalue weighted by Gasteiger charge is 2.25. The summed E-state index contributed by atoms with van der Waals surface area (Å²) in [6.45, 7) is 0.971. The minimum Gasteiger partial charge on any atom is -0.470 e. The Kier molecular flexibility index (Phi) is 2.28. The summed E-state index contributed by atoms with van der Waals surface area (Å²) in [5.41, 5.74) is -0.117. The lowest BCUT2D eigenvalue weighted by atomic mass is 10.4. The van der Waals surface area contributed by atoms with Crippen LogP contribution in [0.1, 0.15) is 0 Å². The average Bonchev–Trinajstić information content (AvgIpc) is 2.98. The number of nitro groups is 1. The summed E-state index contributed by atoms with van der Waals surface area (Å²) < 4.78 is 10.1. The first-order valence-electron chi connectivity index (χ1n) is 4.11. The molecule has 2 rings (SSSR count). The SMILES string of the molecule is O=[N+]([O-])c1cccnc1OC[C@@H]1CO1. The lowest BCUT2D eigenvalue weighted by Gasteiger charge is -2.02. The van der Waals surface area contributed by atoms with E-state index in [2.05, 4.69) is 4.98 Å². The topological polar surface area (TPSA) is 77.8 Å². The number of epoxide rings is 1. The van der Waals surface area contributed by atoms with E-state index >= 15 is 0 Å². The zero-order valence-corrected chi connectivity index (χ0v) is 7.25. The number of pyridine rings is 1. The molecule has 0 radical (unpaired) electrons. The van der Waals surface area contributed by atoms with Crippen LogP contribution in [-0.2, 0) is 4.74 Å². The van der Waals surface area contributed by atoms with Gasteiger partial charge in [-0.2, -0.15) is 0 Å². The van der Waals surface area contributed by atoms with E-state index in [9.17, 15) is 10.1 Å². The number of aromatic nitrogens is 1. The number of nitrogens with zero attached hydrogens (tertiary/aromatic N) is 2. The van der Waals surface area contributed by atoms with Gasteiger partial charge in [-0.05, 0) is 6.07 Å². The van der Waals surface area contributed by atoms with Crippen molar-refractivity contribution in [1.29, 1.82) is 0 Å². The van der Waals surface area contributed by atoms with Gasteiger partial charge in [-0.25, -0.2) is 4.98 Å². The van der Waals surface area contributed by atoms with Crippen LogP contribution in [0, 0.1) is 10.1 Å². The first-order chi connectivity index (χ1) is 6.77. The van der Waals surface area contributed by atoms with Crippen molar-refractivity contribution in [1.82, 2.24) is 4.98 Å². The number of ether oxygens (including phenoxy) is 2. The molecule has 6 nitrogen and oxygen atoms in total. The van der Waals surface area contributed by atoms with E-state index in [1.165, 1.54) is 18.3 Å². The normalized spacial score (nSPS) is 19.0. The Bertz CT molecular complexity index is 351. The lowest BCUT2D eigenvalue weighted by molar-refractivity contribution is -0.386. The van der Waals surface area contributed by atoms with Gasteiger partial charge in [-0.15, -0.1) is 0 Å². The molecular formula is C8H8N2O4. The highest BCUT2D eigenvalue weighted by molar-refractivity contribution is 5.39. The summed E-state index contributed by atoms with van der Waals surface area (Å²) in [4.78, 5) is 13.8. The average molecular weight is 196 g/mol. The van der Waals surface area contributed by atoms with Crippen LogP contribution < -0.4 is 4.74 Å². The predicted octanol–water partition coefficient (Wildman–Crippen LogP) is 0.767. The summed E-state index contributed by atoms with van der Waals surface area (Å²) in [5.74, 6) is 0.0491. The van der Waals surface area contributed by atoms with Crippen molar-refractivity contribution in [3.05, 3.63) is 28.4 Å². The second kappa shape index (κ2) is 3.59. The zero-order chi connectivity index (χ0) is 9.97. The monoisotopic (exact) mass is 196 g/mol. The highest BCUT2D eigenvalue weighted by atomic mass is 16.6. The second-order valence-corrected chi connectivity index (χ2v) is 2.85. The van der Waals surface area contributed by atoms with Crippen LogP contribution in [0.5, 0.6) is 5.88 Å². The van der Waals surface area contributed by atoms with Crippen LogP contribution in [0.3, 0.4) is 0 Å². The molecule has 1 aliphatic rings. The summed E-state index contributed by atoms with van der Waals surface area (Å²) in [6, 6.07) is 2.86. The predicted molar refractivity (Wildman–Crippen MR) is 46.1 cm³/mol. The molecule has 2 heterocycles. The second-order valence-electron chi connectivity index (χ2n) is 2.85. The Hall–Kier alpha value is -1.69. The van der Waals surface area contributed by atoms with E-state index in [1.54, 1.807) is 0 Å². The largest absolute Gasteiger partial charge is 0.470 e. The van der Waals surface area contributed by atoms with E-state index in [1.807, 2.05) is 0 Å². The van der Waals surface area contributed by atoms with Gasteiger partial charge in [0.15, 0.2) is 0 Å². The minimum atomic E-state index is -0.518. The fourth-order valence-corrected chi connectivity index (χ4v) is 0.969. The minimum absolute atomic E-state index is 0.0491. The third kappa shape index (κ3) is 1.97. The van der Waals surface area contributed by atoms with Gasteiger partial charge in [0.1, 0.15) is 12.7 Å². The van der Waals surface area contributed by atoms with E-state index in [4.69, 9.17) is 9.47 Å². The Balaban J connectivity index is 2.09. The molecule has 14 heavy (non-hydrogen) atoms. The van der Waals surface area contributed by atoms with Crippen molar-refractivity contribution in [2.24, 2.45) is 0 Å². The Morgan fingerprint density at radius 1 is 1.79 bits per heavy atom. The molecular weight excluding hydrogens is 188 g/mol. The molecule has 0 spiro atoms. The molecule has 1 fully saturated rings. The van der Waals surface area contributed by atoms with Gasteiger partial charge in [-0.1, -0.05) is 0 Å². The van der Waals surface area contributed by atoms with Crippen LogP contribution in [0.25, 0.3) is 0 Å². The zero-order valence-electron chi connectivity index (χ0n) is 7.25. The van der Waals surface area contributed by atoms with Crippen LogP contribution in [0.2, 0.25) is 0 Å². The van der Waals surface area contributed by atoms with Crippen molar-refractivity contribution < 1.29 is 14.4 Å². The first-order valence-corrected chi connectivity index (χ1v) is 4.11. The summed E-state index contributed by atoms with van der Waals surface area (Å²) in [5, 5.41) is 10.5. The molecule has 1 atom stereocenters. The van der Waals surface area contributed by atoms with Gasteiger partial charge in [0, 0.05) is 12.3 Å². The number of hydrogen-bond acceptors (Lipinski definition) is 5. The maximum absolute atomic E-state index is 10.5. The van der Waals surface area contributed by atoms with Gasteiger partial charge in [0.25, 0.3) is 5.88 Å². The van der Waals surface area contributed by atoms with Crippen LogP contribution in [0.4, 0.5) is 5.69 Å². The molecule has 0 aliphatic carbocycles. The first kappa shape index (κ1) is 8.89. The fourth-order valence-electron chi connectivity index (χ4n) is 0.969. The molecule has 0 aromatic carbocycles. The molecule has 0 unspecified atom stereocenters. The maximum Gasteiger partial charge on any atom is 0.330 e. The van der Waals surface area contributed by atoms with Crippen LogP contribution in [-0.4, -0.2) is 29.2 Å². The Morgan fingerprint density at radius 2 is 2.57 bits per heavy atom. The van der Waals surface area contributed by atoms with Crippen LogP contribution in [0.15, 0.2) is 18.3 Å². The maximum atomic E-state index is 10.5. The Labute approximate surface area is 79.6 Å². The van der Waals surface area contributed by atoms with Gasteiger partial charge < -0.3 is 9.47 Å². The van der Waals surface area contributed by atoms with Crippen molar-refractivity contribution in [2.45, 2.75) is 6.10 Å². The van der Waals surface area contributed by atoms with Gasteiger partial charge in [0.2, 0.25) is 0 Å². The number of rotatable bonds is 4. The molecule has 1 aromatic rings. The van der Waals surface area contributed by atoms with Crippen molar-refractivity contribution in [3.8, 4) is 5.88 Å². The fraction of sp³-hybridized carbons (Fsp3) is 0.375. The smallest absolute Gasteiger partial charge is 0.330 e. The van der Waals surface area contributed by atoms with Crippen molar-refractivity contribution in [2.75, 3.05) is 13.2 Å². The molecule has 6 heteroatoms. The molecule has 1 saturated heterocycles. The molecule has 1 aromatic heterocycles. The van der Waals surface area contributed by atoms with Crippen molar-refractivity contribution in [3.63, 3.8) is 0 Å². The summed E-state index contributed by atoms with van der Waals surface area (Å²) in [7, 11) is 0. The van der Waals surface area contributed by atoms with E-state index in [0.717, 1.165) is 0 Å². The highest BCUT2D eigenvalue weighted by Crippen LogP contribution is 2.23. The molecule has 74 valence electrons. The third-order valence-electron chi connectivity index (χ3n) is 1.76. The van der Waals surface area contributed by atoms with Crippen LogP contribution >= 0.6 is 0 Å². The quantitative estimate of drug-likeness (QED) is 0.403. The Morgan fingerprint density at radius 3 is 3.21 bits per heavy atom. The molecule has 0 N–H and O–H groups in total. The third-order valence-corrected chi connectivity index (χ3v) is 1.76. The van der Waals surface area contributed by atoms with E-state index in [-0.39, 0.29) is 17.7 Å². The molecule has 0 saturated carbocycles.